The molecule has 5 atom stereocenters. The Morgan fingerprint density at radius 2 is 2.17 bits per heavy atom. The zero-order valence-electron chi connectivity index (χ0n) is 14.6. The molecule has 0 radical (unpaired) electrons. The Kier molecular flexibility index (Phi) is 5.29. The molecule has 1 aliphatic heterocycles. The van der Waals surface area contributed by atoms with E-state index in [0.29, 0.717) is 6.42 Å². The number of nitrogens with zero attached hydrogens (tertiary/aromatic N) is 1. The molecule has 0 saturated carbocycles. The third-order valence-corrected chi connectivity index (χ3v) is 4.91. The van der Waals surface area contributed by atoms with Gasteiger partial charge in [-0.05, 0) is 13.3 Å². The number of hydrogen-bond donors (Lipinski definition) is 1. The monoisotopic (exact) mass is 340 g/mol. The summed E-state index contributed by atoms with van der Waals surface area (Å²) >= 11 is 0. The van der Waals surface area contributed by atoms with Crippen LogP contribution in [-0.2, 0) is 19.0 Å². The normalized spacial score (nSPS) is 31.0. The lowest BCUT2D eigenvalue weighted by molar-refractivity contribution is -0.163. The van der Waals surface area contributed by atoms with Crippen molar-refractivity contribution in [3.05, 3.63) is 33.1 Å². The minimum absolute atomic E-state index is 0.217. The average molecular weight is 340 g/mol. The summed E-state index contributed by atoms with van der Waals surface area (Å²) in [6.07, 6.45) is 0.154. The van der Waals surface area contributed by atoms with Gasteiger partial charge in [-0.1, -0.05) is 13.8 Å². The third kappa shape index (κ3) is 3.03. The van der Waals surface area contributed by atoms with Crippen LogP contribution in [0.1, 0.15) is 40.3 Å². The smallest absolute Gasteiger partial charge is 0.330 e. The van der Waals surface area contributed by atoms with Crippen molar-refractivity contribution < 1.29 is 19.0 Å². The fourth-order valence-corrected chi connectivity index (χ4v) is 3.48. The first-order valence-corrected chi connectivity index (χ1v) is 7.96. The van der Waals surface area contributed by atoms with Crippen LogP contribution >= 0.6 is 0 Å². The van der Waals surface area contributed by atoms with E-state index in [4.69, 9.17) is 14.2 Å². The quantitative estimate of drug-likeness (QED) is 0.797. The molecule has 134 valence electrons. The van der Waals surface area contributed by atoms with Gasteiger partial charge >= 0.3 is 11.7 Å². The largest absolute Gasteiger partial charge is 0.457 e. The molecular weight excluding hydrogens is 316 g/mol. The fraction of sp³-hybridized carbons (Fsp3) is 0.688. The number of aromatic amines is 1. The number of nitrogens with one attached hydrogen (secondary N) is 1. The number of carbonyl (C=O) groups excluding carboxylic acids is 1. The number of carbonyl (C=O) groups is 1. The number of H-pyrrole nitrogens is 1. The lowest BCUT2D eigenvalue weighted by Crippen LogP contribution is -2.47. The van der Waals surface area contributed by atoms with Gasteiger partial charge in [-0.2, -0.15) is 0 Å². The van der Waals surface area contributed by atoms with E-state index in [9.17, 15) is 14.4 Å². The van der Waals surface area contributed by atoms with E-state index in [-0.39, 0.29) is 12.0 Å². The van der Waals surface area contributed by atoms with Gasteiger partial charge < -0.3 is 14.2 Å². The Morgan fingerprint density at radius 3 is 2.67 bits per heavy atom. The van der Waals surface area contributed by atoms with Crippen LogP contribution in [0.3, 0.4) is 0 Å². The Morgan fingerprint density at radius 1 is 1.50 bits per heavy atom. The van der Waals surface area contributed by atoms with Crippen LogP contribution < -0.4 is 11.2 Å². The van der Waals surface area contributed by atoms with Crippen molar-refractivity contribution >= 4 is 5.97 Å². The molecule has 1 aromatic heterocycles. The van der Waals surface area contributed by atoms with Crippen molar-refractivity contribution in [2.24, 2.45) is 5.92 Å². The number of ether oxygens (including phenoxy) is 3. The molecule has 0 aromatic carbocycles. The Hall–Kier alpha value is -1.93. The standard InChI is InChI=1S/C16H24N2O6/c1-6-16(10(3)22-5)9(2)13(23-11(4)19)14(24-16)18-8-7-12(20)17-15(18)21/h7-10,13-14H,6H2,1-5H3,(H,17,20,21)/t9-,10?,13+,14?,16-/m0/s1. The van der Waals surface area contributed by atoms with Crippen molar-refractivity contribution in [1.29, 1.82) is 0 Å². The van der Waals surface area contributed by atoms with E-state index in [1.54, 1.807) is 7.11 Å². The third-order valence-electron chi connectivity index (χ3n) is 4.91. The maximum absolute atomic E-state index is 12.2. The summed E-state index contributed by atoms with van der Waals surface area (Å²) in [6.45, 7) is 7.05. The molecule has 0 amide bonds. The first-order chi connectivity index (χ1) is 11.3. The van der Waals surface area contributed by atoms with Crippen molar-refractivity contribution in [2.75, 3.05) is 7.11 Å². The fourth-order valence-electron chi connectivity index (χ4n) is 3.48. The summed E-state index contributed by atoms with van der Waals surface area (Å²) in [4.78, 5) is 37.2. The molecule has 1 fully saturated rings. The molecule has 0 spiro atoms. The zero-order chi connectivity index (χ0) is 18.1. The Balaban J connectivity index is 2.53. The minimum atomic E-state index is -0.842. The number of hydrogen-bond acceptors (Lipinski definition) is 6. The maximum Gasteiger partial charge on any atom is 0.330 e. The number of esters is 1. The van der Waals surface area contributed by atoms with Crippen LogP contribution in [0.25, 0.3) is 0 Å². The van der Waals surface area contributed by atoms with Crippen LogP contribution in [-0.4, -0.2) is 40.4 Å². The van der Waals surface area contributed by atoms with Gasteiger partial charge in [0, 0.05) is 32.2 Å². The van der Waals surface area contributed by atoms with Crippen LogP contribution in [0.5, 0.6) is 0 Å². The molecule has 1 saturated heterocycles. The van der Waals surface area contributed by atoms with E-state index < -0.39 is 35.2 Å². The van der Waals surface area contributed by atoms with Gasteiger partial charge in [0.05, 0.1) is 6.10 Å². The summed E-state index contributed by atoms with van der Waals surface area (Å²) in [7, 11) is 1.58. The van der Waals surface area contributed by atoms with Gasteiger partial charge in [-0.3, -0.25) is 19.1 Å². The van der Waals surface area contributed by atoms with Crippen LogP contribution in [0.15, 0.2) is 21.9 Å². The van der Waals surface area contributed by atoms with Crippen LogP contribution in [0.4, 0.5) is 0 Å². The maximum atomic E-state index is 12.2. The summed E-state index contributed by atoms with van der Waals surface area (Å²) in [5, 5.41) is 0. The van der Waals surface area contributed by atoms with Crippen molar-refractivity contribution in [3.8, 4) is 0 Å². The lowest BCUT2D eigenvalue weighted by Gasteiger charge is -2.36. The molecule has 2 heterocycles. The first kappa shape index (κ1) is 18.4. The van der Waals surface area contributed by atoms with Gasteiger partial charge in [0.1, 0.15) is 5.60 Å². The molecule has 24 heavy (non-hydrogen) atoms. The summed E-state index contributed by atoms with van der Waals surface area (Å²) < 4.78 is 18.4. The number of rotatable bonds is 5. The van der Waals surface area contributed by atoms with Gasteiger partial charge in [0.2, 0.25) is 0 Å². The molecule has 1 aliphatic rings. The van der Waals surface area contributed by atoms with Crippen LogP contribution in [0, 0.1) is 5.92 Å². The van der Waals surface area contributed by atoms with E-state index in [1.165, 1.54) is 23.8 Å². The van der Waals surface area contributed by atoms with Crippen LogP contribution in [0.2, 0.25) is 0 Å². The predicted molar refractivity (Wildman–Crippen MR) is 85.7 cm³/mol. The van der Waals surface area contributed by atoms with Gasteiger partial charge in [0.25, 0.3) is 5.56 Å². The van der Waals surface area contributed by atoms with Crippen molar-refractivity contribution in [3.63, 3.8) is 0 Å². The predicted octanol–water partition coefficient (Wildman–Crippen LogP) is 0.817. The lowest BCUT2D eigenvalue weighted by atomic mass is 9.81. The van der Waals surface area contributed by atoms with E-state index in [1.807, 2.05) is 20.8 Å². The van der Waals surface area contributed by atoms with Crippen molar-refractivity contribution in [2.45, 2.75) is 58.2 Å². The highest BCUT2D eigenvalue weighted by atomic mass is 16.6. The molecule has 0 bridgehead atoms. The summed E-state index contributed by atoms with van der Waals surface area (Å²) in [5.41, 5.74) is -1.85. The summed E-state index contributed by atoms with van der Waals surface area (Å²) in [6, 6.07) is 1.23. The van der Waals surface area contributed by atoms with Crippen molar-refractivity contribution in [1.82, 2.24) is 9.55 Å². The molecule has 2 unspecified atom stereocenters. The highest BCUT2D eigenvalue weighted by Gasteiger charge is 2.57. The van der Waals surface area contributed by atoms with Gasteiger partial charge in [-0.15, -0.1) is 0 Å². The second kappa shape index (κ2) is 6.90. The average Bonchev–Trinajstić information content (AvgIpc) is 2.80. The highest BCUT2D eigenvalue weighted by molar-refractivity contribution is 5.66. The molecule has 1 aromatic rings. The second-order valence-electron chi connectivity index (χ2n) is 6.07. The number of aromatic nitrogens is 2. The Bertz CT molecular complexity index is 711. The molecule has 1 N–H and O–H groups in total. The molecule has 2 rings (SSSR count). The second-order valence-corrected chi connectivity index (χ2v) is 6.07. The highest BCUT2D eigenvalue weighted by Crippen LogP contribution is 2.47. The molecule has 0 aliphatic carbocycles. The van der Waals surface area contributed by atoms with Gasteiger partial charge in [0.15, 0.2) is 12.3 Å². The topological polar surface area (TPSA) is 99.6 Å². The number of methoxy groups -OCH3 is 1. The van der Waals surface area contributed by atoms with E-state index in [0.717, 1.165) is 0 Å². The molecule has 8 heteroatoms. The first-order valence-electron chi connectivity index (χ1n) is 7.96. The van der Waals surface area contributed by atoms with Gasteiger partial charge in [-0.25, -0.2) is 4.79 Å². The molecular formula is C16H24N2O6. The molecule has 8 nitrogen and oxygen atoms in total. The summed E-state index contributed by atoms with van der Waals surface area (Å²) in [5.74, 6) is -0.680. The van der Waals surface area contributed by atoms with E-state index in [2.05, 4.69) is 4.98 Å². The zero-order valence-corrected chi connectivity index (χ0v) is 14.6. The SMILES string of the molecule is CC[C@]1(C(C)OC)OC(n2ccc(=O)[nH]c2=O)[C@H](OC(C)=O)[C@@H]1C. The minimum Gasteiger partial charge on any atom is -0.457 e. The Labute approximate surface area is 139 Å². The van der Waals surface area contributed by atoms with E-state index >= 15 is 0 Å².